The van der Waals surface area contributed by atoms with Crippen LogP contribution in [0, 0.1) is 0 Å². The first-order chi connectivity index (χ1) is 9.84. The Labute approximate surface area is 123 Å². The molecule has 0 radical (unpaired) electrons. The largest absolute Gasteiger partial charge is 0.480 e. The molecule has 0 bridgehead atoms. The molecule has 126 valence electrons. The van der Waals surface area contributed by atoms with E-state index in [9.17, 15) is 20.1 Å². The molecule has 4 unspecified atom stereocenters. The quantitative estimate of drug-likeness (QED) is 0.171. The molecule has 0 aromatic carbocycles. The zero-order valence-electron chi connectivity index (χ0n) is 11.8. The normalized spacial score (nSPS) is 18.8. The number of carboxylic acid groups (broad SMARTS) is 1. The number of aliphatic carboxylic acids is 1. The molecule has 5 atom stereocenters. The van der Waals surface area contributed by atoms with Crippen LogP contribution in [0.4, 0.5) is 0 Å². The monoisotopic (exact) mass is 310 g/mol. The summed E-state index contributed by atoms with van der Waals surface area (Å²) in [7, 11) is 0. The minimum Gasteiger partial charge on any atom is -0.480 e. The molecule has 0 aromatic rings. The molecule has 0 saturated heterocycles. The van der Waals surface area contributed by atoms with Crippen molar-refractivity contribution in [3.05, 3.63) is 0 Å². The van der Waals surface area contributed by atoms with E-state index >= 15 is 0 Å². The highest BCUT2D eigenvalue weighted by Gasteiger charge is 2.30. The Balaban J connectivity index is 4.28. The summed E-state index contributed by atoms with van der Waals surface area (Å²) in [4.78, 5) is 11.0. The van der Waals surface area contributed by atoms with E-state index in [1.165, 1.54) is 0 Å². The van der Waals surface area contributed by atoms with Crippen molar-refractivity contribution >= 4 is 5.97 Å². The lowest BCUT2D eigenvalue weighted by Gasteiger charge is -2.26. The lowest BCUT2D eigenvalue weighted by Crippen LogP contribution is -2.51. The molecule has 0 aliphatic carbocycles. The molecule has 0 spiro atoms. The smallest absolute Gasteiger partial charge is 0.320 e. The van der Waals surface area contributed by atoms with Crippen molar-refractivity contribution in [2.24, 2.45) is 5.73 Å². The Morgan fingerprint density at radius 2 is 1.62 bits per heavy atom. The van der Waals surface area contributed by atoms with Crippen molar-refractivity contribution in [3.8, 4) is 0 Å². The topological polar surface area (TPSA) is 176 Å². The third-order valence-electron chi connectivity index (χ3n) is 3.14. The number of hydrogen-bond donors (Lipinski definition) is 8. The number of hydrogen-bond acceptors (Lipinski definition) is 8. The molecular formula is C12H26N2O7. The van der Waals surface area contributed by atoms with E-state index in [-0.39, 0.29) is 6.54 Å². The minimum atomic E-state index is -1.73. The van der Waals surface area contributed by atoms with Gasteiger partial charge in [0.25, 0.3) is 0 Å². The predicted octanol–water partition coefficient (Wildman–Crippen LogP) is -3.41. The summed E-state index contributed by atoms with van der Waals surface area (Å²) in [6, 6.07) is -0.904. The van der Waals surface area contributed by atoms with Gasteiger partial charge in [-0.3, -0.25) is 4.79 Å². The van der Waals surface area contributed by atoms with Crippen molar-refractivity contribution in [2.45, 2.75) is 49.7 Å². The second kappa shape index (κ2) is 10.9. The predicted molar refractivity (Wildman–Crippen MR) is 73.4 cm³/mol. The fourth-order valence-electron chi connectivity index (χ4n) is 1.75. The second-order valence-corrected chi connectivity index (χ2v) is 4.88. The van der Waals surface area contributed by atoms with E-state index in [2.05, 4.69) is 5.32 Å². The van der Waals surface area contributed by atoms with E-state index < -0.39 is 43.0 Å². The van der Waals surface area contributed by atoms with Crippen molar-refractivity contribution in [1.29, 1.82) is 0 Å². The van der Waals surface area contributed by atoms with Crippen LogP contribution < -0.4 is 11.1 Å². The zero-order chi connectivity index (χ0) is 16.4. The number of aliphatic hydroxyl groups excluding tert-OH is 5. The summed E-state index contributed by atoms with van der Waals surface area (Å²) in [5, 5.41) is 58.0. The van der Waals surface area contributed by atoms with E-state index in [1.807, 2.05) is 0 Å². The average molecular weight is 310 g/mol. The van der Waals surface area contributed by atoms with Crippen LogP contribution in [0.5, 0.6) is 0 Å². The molecule has 0 aliphatic rings. The number of unbranched alkanes of at least 4 members (excludes halogenated alkanes) is 1. The third-order valence-corrected chi connectivity index (χ3v) is 3.14. The van der Waals surface area contributed by atoms with Gasteiger partial charge >= 0.3 is 5.97 Å². The van der Waals surface area contributed by atoms with Gasteiger partial charge in [-0.05, 0) is 19.4 Å². The molecule has 9 heteroatoms. The summed E-state index contributed by atoms with van der Waals surface area (Å²) in [5.41, 5.74) is 5.31. The molecule has 0 rings (SSSR count). The lowest BCUT2D eigenvalue weighted by molar-refractivity contribution is -0.140. The van der Waals surface area contributed by atoms with Gasteiger partial charge in [0.1, 0.15) is 24.4 Å². The van der Waals surface area contributed by atoms with Gasteiger partial charge in [-0.2, -0.15) is 0 Å². The number of nitrogens with two attached hydrogens (primary N) is 1. The lowest BCUT2D eigenvalue weighted by atomic mass is 10.0. The summed E-state index contributed by atoms with van der Waals surface area (Å²) < 4.78 is 0. The van der Waals surface area contributed by atoms with Crippen LogP contribution in [-0.2, 0) is 4.79 Å². The molecule has 0 heterocycles. The van der Waals surface area contributed by atoms with Crippen molar-refractivity contribution in [3.63, 3.8) is 0 Å². The highest BCUT2D eigenvalue weighted by molar-refractivity contribution is 5.73. The van der Waals surface area contributed by atoms with Gasteiger partial charge in [0.15, 0.2) is 0 Å². The molecule has 9 nitrogen and oxygen atoms in total. The highest BCUT2D eigenvalue weighted by Crippen LogP contribution is 2.06. The van der Waals surface area contributed by atoms with Gasteiger partial charge in [0, 0.05) is 6.54 Å². The van der Waals surface area contributed by atoms with Crippen LogP contribution in [0.1, 0.15) is 19.3 Å². The number of nitrogens with one attached hydrogen (secondary N) is 1. The maximum absolute atomic E-state index is 11.0. The Hall–Kier alpha value is -0.810. The number of carboxylic acids is 1. The molecular weight excluding hydrogens is 284 g/mol. The first-order valence-corrected chi connectivity index (χ1v) is 6.84. The van der Waals surface area contributed by atoms with E-state index in [1.54, 1.807) is 0 Å². The molecule has 9 N–H and O–H groups in total. The Morgan fingerprint density at radius 1 is 1.05 bits per heavy atom. The van der Waals surface area contributed by atoms with Gasteiger partial charge in [-0.25, -0.2) is 0 Å². The zero-order valence-corrected chi connectivity index (χ0v) is 11.8. The van der Waals surface area contributed by atoms with Gasteiger partial charge in [0.05, 0.1) is 12.7 Å². The van der Waals surface area contributed by atoms with Crippen molar-refractivity contribution in [2.75, 3.05) is 19.7 Å². The van der Waals surface area contributed by atoms with E-state index in [0.29, 0.717) is 25.8 Å². The first kappa shape index (κ1) is 20.2. The van der Waals surface area contributed by atoms with Crippen LogP contribution >= 0.6 is 0 Å². The average Bonchev–Trinajstić information content (AvgIpc) is 2.47. The van der Waals surface area contributed by atoms with E-state index in [0.717, 1.165) is 0 Å². The second-order valence-electron chi connectivity index (χ2n) is 4.88. The number of rotatable bonds is 12. The number of aliphatic hydroxyl groups is 5. The fourth-order valence-corrected chi connectivity index (χ4v) is 1.75. The summed E-state index contributed by atoms with van der Waals surface area (Å²) in [5.74, 6) is -1.09. The van der Waals surface area contributed by atoms with Gasteiger partial charge < -0.3 is 41.7 Å². The van der Waals surface area contributed by atoms with Crippen molar-refractivity contribution in [1.82, 2.24) is 5.32 Å². The van der Waals surface area contributed by atoms with E-state index in [4.69, 9.17) is 21.1 Å². The highest BCUT2D eigenvalue weighted by atomic mass is 16.4. The molecule has 0 saturated carbocycles. The third kappa shape index (κ3) is 7.67. The Bertz CT molecular complexity index is 293. The van der Waals surface area contributed by atoms with Gasteiger partial charge in [-0.1, -0.05) is 6.42 Å². The minimum absolute atomic E-state index is 0.282. The first-order valence-electron chi connectivity index (χ1n) is 6.84. The molecule has 0 amide bonds. The standard InChI is InChI=1S/C12H26N2O7/c13-4-2-1-3-7(12(20)21)14-5-8(16)10(18)11(19)9(17)6-15/h7-11,14-19H,1-6,13H2,(H,20,21)/t7-,8?,9?,10?,11?/m0/s1. The van der Waals surface area contributed by atoms with Crippen LogP contribution in [0.25, 0.3) is 0 Å². The van der Waals surface area contributed by atoms with Gasteiger partial charge in [-0.15, -0.1) is 0 Å². The maximum atomic E-state index is 11.0. The van der Waals surface area contributed by atoms with Crippen molar-refractivity contribution < 1.29 is 35.4 Å². The Kier molecular flexibility index (Phi) is 10.4. The maximum Gasteiger partial charge on any atom is 0.320 e. The van der Waals surface area contributed by atoms with Crippen LogP contribution in [0.15, 0.2) is 0 Å². The summed E-state index contributed by atoms with van der Waals surface area (Å²) in [6.45, 7) is -0.593. The summed E-state index contributed by atoms with van der Waals surface area (Å²) >= 11 is 0. The van der Waals surface area contributed by atoms with Crippen LogP contribution in [0.2, 0.25) is 0 Å². The van der Waals surface area contributed by atoms with Crippen LogP contribution in [0.3, 0.4) is 0 Å². The van der Waals surface area contributed by atoms with Crippen LogP contribution in [-0.4, -0.2) is 86.8 Å². The summed E-state index contributed by atoms with van der Waals surface area (Å²) in [6.07, 6.45) is -4.92. The SMILES string of the molecule is NCCCC[C@H](NCC(O)C(O)C(O)C(O)CO)C(=O)O. The molecule has 21 heavy (non-hydrogen) atoms. The Morgan fingerprint density at radius 3 is 2.10 bits per heavy atom. The van der Waals surface area contributed by atoms with Gasteiger partial charge in [0.2, 0.25) is 0 Å². The number of carbonyl (C=O) groups is 1. The molecule has 0 fully saturated rings. The molecule has 0 aromatic heterocycles. The molecule has 0 aliphatic heterocycles. The fraction of sp³-hybridized carbons (Fsp3) is 0.917.